The molecule has 0 aromatic heterocycles. The molecule has 0 radical (unpaired) electrons. The number of carbonyl (C=O) groups is 2. The number of rotatable bonds is 3. The zero-order valence-corrected chi connectivity index (χ0v) is 14.8. The highest BCUT2D eigenvalue weighted by molar-refractivity contribution is 6.30. The fraction of sp³-hybridized carbons (Fsp3) is 0.556. The second kappa shape index (κ2) is 7.02. The van der Waals surface area contributed by atoms with Gasteiger partial charge in [0.2, 0.25) is 5.91 Å². The van der Waals surface area contributed by atoms with Crippen molar-refractivity contribution in [2.75, 3.05) is 13.1 Å². The number of hydrogen-bond acceptors (Lipinski definition) is 3. The maximum absolute atomic E-state index is 12.5. The van der Waals surface area contributed by atoms with E-state index in [1.165, 1.54) is 0 Å². The van der Waals surface area contributed by atoms with E-state index in [1.54, 1.807) is 29.2 Å². The van der Waals surface area contributed by atoms with Gasteiger partial charge in [0.25, 0.3) is 0 Å². The minimum Gasteiger partial charge on any atom is -0.341 e. The van der Waals surface area contributed by atoms with Crippen molar-refractivity contribution in [2.45, 2.75) is 39.7 Å². The van der Waals surface area contributed by atoms with Crippen molar-refractivity contribution in [1.29, 1.82) is 0 Å². The quantitative estimate of drug-likeness (QED) is 0.862. The van der Waals surface area contributed by atoms with Crippen molar-refractivity contribution in [3.05, 3.63) is 34.9 Å². The molecule has 1 aliphatic rings. The zero-order valence-electron chi connectivity index (χ0n) is 14.0. The fourth-order valence-corrected chi connectivity index (χ4v) is 2.91. The van der Waals surface area contributed by atoms with Crippen LogP contribution in [0, 0.1) is 11.3 Å². The van der Waals surface area contributed by atoms with Crippen molar-refractivity contribution < 1.29 is 9.59 Å². The van der Waals surface area contributed by atoms with Gasteiger partial charge in [0.1, 0.15) is 0 Å². The van der Waals surface area contributed by atoms with E-state index in [1.807, 2.05) is 20.8 Å². The van der Waals surface area contributed by atoms with E-state index in [-0.39, 0.29) is 23.0 Å². The van der Waals surface area contributed by atoms with Gasteiger partial charge in [-0.25, -0.2) is 0 Å². The number of likely N-dealkylation sites (tertiary alicyclic amines) is 1. The molecule has 0 aliphatic carbocycles. The maximum Gasteiger partial charge on any atom is 0.240 e. The lowest BCUT2D eigenvalue weighted by Gasteiger charge is -2.36. The number of benzene rings is 1. The number of carbonyl (C=O) groups excluding carboxylic acids is 2. The standard InChI is InChI=1S/C18H25ClN2O2/c1-18(2,3)16(20)17(23)21-10-8-13(9-11-21)15(22)12-4-6-14(19)7-5-12/h4-7,13,16H,8-11,20H2,1-3H3/t16-/m1/s1. The second-order valence-corrected chi connectivity index (χ2v) is 7.75. The molecule has 1 aromatic carbocycles. The average Bonchev–Trinajstić information content (AvgIpc) is 2.53. The van der Waals surface area contributed by atoms with Crippen LogP contribution in [0.15, 0.2) is 24.3 Å². The monoisotopic (exact) mass is 336 g/mol. The number of hydrogen-bond donors (Lipinski definition) is 1. The number of nitrogens with zero attached hydrogens (tertiary/aromatic N) is 1. The molecule has 1 saturated heterocycles. The molecule has 1 aromatic rings. The summed E-state index contributed by atoms with van der Waals surface area (Å²) in [7, 11) is 0. The van der Waals surface area contributed by atoms with E-state index in [0.717, 1.165) is 0 Å². The second-order valence-electron chi connectivity index (χ2n) is 7.31. The topological polar surface area (TPSA) is 63.4 Å². The van der Waals surface area contributed by atoms with E-state index >= 15 is 0 Å². The molecule has 2 rings (SSSR count). The van der Waals surface area contributed by atoms with Crippen LogP contribution >= 0.6 is 11.6 Å². The molecule has 0 unspecified atom stereocenters. The van der Waals surface area contributed by atoms with E-state index in [9.17, 15) is 9.59 Å². The van der Waals surface area contributed by atoms with E-state index in [0.29, 0.717) is 36.5 Å². The third-order valence-electron chi connectivity index (χ3n) is 4.51. The lowest BCUT2D eigenvalue weighted by molar-refractivity contribution is -0.136. The predicted molar refractivity (Wildman–Crippen MR) is 92.5 cm³/mol. The summed E-state index contributed by atoms with van der Waals surface area (Å²) < 4.78 is 0. The summed E-state index contributed by atoms with van der Waals surface area (Å²) in [5.74, 6) is 0.0786. The SMILES string of the molecule is CC(C)(C)[C@H](N)C(=O)N1CCC(C(=O)c2ccc(Cl)cc2)CC1. The van der Waals surface area contributed by atoms with Crippen LogP contribution in [0.3, 0.4) is 0 Å². The summed E-state index contributed by atoms with van der Waals surface area (Å²) in [6.45, 7) is 7.07. The molecule has 0 spiro atoms. The third-order valence-corrected chi connectivity index (χ3v) is 4.76. The normalized spacial score (nSPS) is 17.9. The van der Waals surface area contributed by atoms with Gasteiger partial charge in [0, 0.05) is 29.6 Å². The molecule has 0 bridgehead atoms. The summed E-state index contributed by atoms with van der Waals surface area (Å²) in [6.07, 6.45) is 1.37. The van der Waals surface area contributed by atoms with E-state index in [4.69, 9.17) is 17.3 Å². The number of amides is 1. The number of piperidine rings is 1. The molecular formula is C18H25ClN2O2. The van der Waals surface area contributed by atoms with Crippen molar-refractivity contribution in [3.63, 3.8) is 0 Å². The Bertz CT molecular complexity index is 570. The zero-order chi connectivity index (χ0) is 17.2. The molecule has 1 atom stereocenters. The van der Waals surface area contributed by atoms with Gasteiger partial charge in [-0.2, -0.15) is 0 Å². The Morgan fingerprint density at radius 2 is 1.70 bits per heavy atom. The molecular weight excluding hydrogens is 312 g/mol. The van der Waals surface area contributed by atoms with Gasteiger partial charge in [-0.05, 0) is 42.5 Å². The highest BCUT2D eigenvalue weighted by atomic mass is 35.5. The molecule has 1 amide bonds. The van der Waals surface area contributed by atoms with Gasteiger partial charge in [0.15, 0.2) is 5.78 Å². The van der Waals surface area contributed by atoms with Crippen molar-refractivity contribution >= 4 is 23.3 Å². The van der Waals surface area contributed by atoms with Gasteiger partial charge in [-0.3, -0.25) is 9.59 Å². The molecule has 1 heterocycles. The number of nitrogens with two attached hydrogens (primary N) is 1. The van der Waals surface area contributed by atoms with Crippen LogP contribution in [-0.2, 0) is 4.79 Å². The lowest BCUT2D eigenvalue weighted by Crippen LogP contribution is -2.52. The lowest BCUT2D eigenvalue weighted by atomic mass is 9.85. The molecule has 5 heteroatoms. The Morgan fingerprint density at radius 1 is 1.17 bits per heavy atom. The Kier molecular flexibility index (Phi) is 5.48. The molecule has 126 valence electrons. The Hall–Kier alpha value is -1.39. The predicted octanol–water partition coefficient (Wildman–Crippen LogP) is 3.13. The molecule has 1 fully saturated rings. The van der Waals surface area contributed by atoms with Crippen LogP contribution in [0.4, 0.5) is 0 Å². The van der Waals surface area contributed by atoms with Crippen LogP contribution in [0.5, 0.6) is 0 Å². The first kappa shape index (κ1) is 18.0. The Labute approximate surface area is 143 Å². The van der Waals surface area contributed by atoms with Crippen LogP contribution in [-0.4, -0.2) is 35.7 Å². The maximum atomic E-state index is 12.5. The minimum atomic E-state index is -0.508. The Morgan fingerprint density at radius 3 is 2.17 bits per heavy atom. The smallest absolute Gasteiger partial charge is 0.240 e. The van der Waals surface area contributed by atoms with Gasteiger partial charge < -0.3 is 10.6 Å². The molecule has 4 nitrogen and oxygen atoms in total. The first-order valence-electron chi connectivity index (χ1n) is 8.04. The molecule has 23 heavy (non-hydrogen) atoms. The van der Waals surface area contributed by atoms with Crippen LogP contribution in [0.1, 0.15) is 44.0 Å². The molecule has 0 saturated carbocycles. The van der Waals surface area contributed by atoms with Gasteiger partial charge >= 0.3 is 0 Å². The first-order chi connectivity index (χ1) is 10.7. The number of ketones is 1. The molecule has 1 aliphatic heterocycles. The first-order valence-corrected chi connectivity index (χ1v) is 8.42. The summed E-state index contributed by atoms with van der Waals surface area (Å²) in [6, 6.07) is 6.48. The molecule has 2 N–H and O–H groups in total. The summed E-state index contributed by atoms with van der Waals surface area (Å²) in [4.78, 5) is 26.7. The van der Waals surface area contributed by atoms with Crippen LogP contribution < -0.4 is 5.73 Å². The fourth-order valence-electron chi connectivity index (χ4n) is 2.78. The minimum absolute atomic E-state index is 0.0186. The van der Waals surface area contributed by atoms with Crippen molar-refractivity contribution in [2.24, 2.45) is 17.1 Å². The Balaban J connectivity index is 1.94. The van der Waals surface area contributed by atoms with E-state index in [2.05, 4.69) is 0 Å². The van der Waals surface area contributed by atoms with Gasteiger partial charge in [-0.15, -0.1) is 0 Å². The third kappa shape index (κ3) is 4.33. The number of halogens is 1. The average molecular weight is 337 g/mol. The van der Waals surface area contributed by atoms with Gasteiger partial charge in [0.05, 0.1) is 6.04 Å². The summed E-state index contributed by atoms with van der Waals surface area (Å²) in [5, 5.41) is 0.623. The van der Waals surface area contributed by atoms with Crippen LogP contribution in [0.25, 0.3) is 0 Å². The number of Topliss-reactive ketones (excluding diaryl/α,β-unsaturated/α-hetero) is 1. The highest BCUT2D eigenvalue weighted by Gasteiger charge is 2.34. The van der Waals surface area contributed by atoms with E-state index < -0.39 is 6.04 Å². The largest absolute Gasteiger partial charge is 0.341 e. The highest BCUT2D eigenvalue weighted by Crippen LogP contribution is 2.25. The summed E-state index contributed by atoms with van der Waals surface area (Å²) >= 11 is 5.86. The van der Waals surface area contributed by atoms with Crippen LogP contribution in [0.2, 0.25) is 5.02 Å². The van der Waals surface area contributed by atoms with Crippen molar-refractivity contribution in [1.82, 2.24) is 4.90 Å². The van der Waals surface area contributed by atoms with Crippen molar-refractivity contribution in [3.8, 4) is 0 Å². The van der Waals surface area contributed by atoms with Gasteiger partial charge in [-0.1, -0.05) is 32.4 Å². The summed E-state index contributed by atoms with van der Waals surface area (Å²) in [5.41, 5.74) is 6.48.